The van der Waals surface area contributed by atoms with Crippen LogP contribution in [0.4, 0.5) is 5.69 Å². The normalized spacial score (nSPS) is 10.3. The van der Waals surface area contributed by atoms with Crippen molar-refractivity contribution in [2.45, 2.75) is 13.5 Å². The van der Waals surface area contributed by atoms with Crippen molar-refractivity contribution >= 4 is 5.69 Å². The van der Waals surface area contributed by atoms with E-state index in [-0.39, 0.29) is 12.1 Å². The first-order valence-corrected chi connectivity index (χ1v) is 5.32. The van der Waals surface area contributed by atoms with Gasteiger partial charge in [0.25, 0.3) is 5.56 Å². The Bertz CT molecular complexity index is 674. The zero-order valence-electron chi connectivity index (χ0n) is 9.80. The highest BCUT2D eigenvalue weighted by molar-refractivity contribution is 5.41. The van der Waals surface area contributed by atoms with E-state index in [0.717, 1.165) is 0 Å². The first kappa shape index (κ1) is 12.1. The molecule has 0 aromatic carbocycles. The van der Waals surface area contributed by atoms with Gasteiger partial charge in [0, 0.05) is 18.0 Å². The number of aryl methyl sites for hydroxylation is 1. The zero-order chi connectivity index (χ0) is 13.1. The van der Waals surface area contributed by atoms with Crippen LogP contribution in [0.15, 0.2) is 34.1 Å². The van der Waals surface area contributed by atoms with Crippen LogP contribution in [0.5, 0.6) is 0 Å². The van der Waals surface area contributed by atoms with Gasteiger partial charge in [0.2, 0.25) is 0 Å². The summed E-state index contributed by atoms with van der Waals surface area (Å²) >= 11 is 0. The van der Waals surface area contributed by atoms with E-state index in [9.17, 15) is 9.59 Å². The Morgan fingerprint density at radius 2 is 2.28 bits per heavy atom. The largest absolute Gasteiger partial charge is 0.328 e. The van der Waals surface area contributed by atoms with E-state index >= 15 is 0 Å². The van der Waals surface area contributed by atoms with Gasteiger partial charge in [-0.25, -0.2) is 4.79 Å². The maximum atomic E-state index is 11.6. The minimum Gasteiger partial charge on any atom is -0.324 e. The van der Waals surface area contributed by atoms with Crippen LogP contribution in [0.3, 0.4) is 0 Å². The van der Waals surface area contributed by atoms with E-state index in [4.69, 9.17) is 5.84 Å². The van der Waals surface area contributed by atoms with E-state index in [1.54, 1.807) is 25.3 Å². The molecule has 94 valence electrons. The number of nitrogens with two attached hydrogens (primary N) is 1. The average molecular weight is 247 g/mol. The minimum absolute atomic E-state index is 0.270. The van der Waals surface area contributed by atoms with Crippen LogP contribution in [0.2, 0.25) is 0 Å². The molecular formula is C11H13N5O2. The molecule has 2 aromatic rings. The molecule has 0 fully saturated rings. The molecule has 0 bridgehead atoms. The number of H-pyrrole nitrogens is 1. The van der Waals surface area contributed by atoms with Gasteiger partial charge in [-0.05, 0) is 19.1 Å². The molecule has 18 heavy (non-hydrogen) atoms. The fourth-order valence-electron chi connectivity index (χ4n) is 1.56. The molecular weight excluding hydrogens is 234 g/mol. The second kappa shape index (κ2) is 4.84. The Morgan fingerprint density at radius 3 is 3.00 bits per heavy atom. The van der Waals surface area contributed by atoms with Crippen LogP contribution in [0.1, 0.15) is 11.3 Å². The number of hydrogen-bond acceptors (Lipinski definition) is 5. The Labute approximate surface area is 102 Å². The second-order valence-electron chi connectivity index (χ2n) is 3.88. The third-order valence-corrected chi connectivity index (χ3v) is 2.50. The number of aromatic nitrogens is 3. The summed E-state index contributed by atoms with van der Waals surface area (Å²) < 4.78 is 1.39. The number of rotatable bonds is 3. The van der Waals surface area contributed by atoms with Crippen molar-refractivity contribution in [1.29, 1.82) is 0 Å². The van der Waals surface area contributed by atoms with Gasteiger partial charge < -0.3 is 5.43 Å². The first-order valence-electron chi connectivity index (χ1n) is 5.32. The predicted molar refractivity (Wildman–Crippen MR) is 67.2 cm³/mol. The Balaban J connectivity index is 2.36. The molecule has 0 aliphatic heterocycles. The summed E-state index contributed by atoms with van der Waals surface area (Å²) in [5, 5.41) is 0. The standard InChI is InChI=1S/C11H13N5O2/c1-7-5-16(11(18)14-10(7)17)6-9-4-8(15-12)2-3-13-9/h2-5H,6,12H2,1H3,(H,13,15)(H,14,17,18). The summed E-state index contributed by atoms with van der Waals surface area (Å²) in [5.74, 6) is 5.29. The molecule has 2 heterocycles. The number of hydrazine groups is 1. The highest BCUT2D eigenvalue weighted by atomic mass is 16.2. The third kappa shape index (κ3) is 2.46. The smallest absolute Gasteiger partial charge is 0.324 e. The molecule has 0 atom stereocenters. The number of pyridine rings is 1. The summed E-state index contributed by atoms with van der Waals surface area (Å²) in [6.45, 7) is 1.91. The number of aromatic amines is 1. The van der Waals surface area contributed by atoms with Crippen molar-refractivity contribution in [3.05, 3.63) is 56.6 Å². The van der Waals surface area contributed by atoms with Crippen LogP contribution >= 0.6 is 0 Å². The first-order chi connectivity index (χ1) is 8.60. The third-order valence-electron chi connectivity index (χ3n) is 2.50. The zero-order valence-corrected chi connectivity index (χ0v) is 9.80. The lowest BCUT2D eigenvalue weighted by atomic mass is 10.3. The van der Waals surface area contributed by atoms with Gasteiger partial charge in [0.1, 0.15) is 0 Å². The maximum absolute atomic E-state index is 11.6. The summed E-state index contributed by atoms with van der Waals surface area (Å²) in [5.41, 5.74) is 3.51. The molecule has 7 heteroatoms. The summed E-state index contributed by atoms with van der Waals surface area (Å²) in [6, 6.07) is 3.44. The van der Waals surface area contributed by atoms with Gasteiger partial charge in [-0.3, -0.25) is 25.2 Å². The van der Waals surface area contributed by atoms with Crippen LogP contribution in [0, 0.1) is 6.92 Å². The monoisotopic (exact) mass is 247 g/mol. The number of nitrogens with zero attached hydrogens (tertiary/aromatic N) is 2. The molecule has 0 aliphatic rings. The van der Waals surface area contributed by atoms with Crippen LogP contribution in [-0.2, 0) is 6.54 Å². The number of nitrogens with one attached hydrogen (secondary N) is 2. The van der Waals surface area contributed by atoms with Crippen molar-refractivity contribution in [2.24, 2.45) is 5.84 Å². The van der Waals surface area contributed by atoms with Gasteiger partial charge in [-0.1, -0.05) is 0 Å². The Hall–Kier alpha value is -2.41. The lowest BCUT2D eigenvalue weighted by molar-refractivity contribution is 0.699. The van der Waals surface area contributed by atoms with Gasteiger partial charge >= 0.3 is 5.69 Å². The summed E-state index contributed by atoms with van der Waals surface area (Å²) in [6.07, 6.45) is 3.10. The summed E-state index contributed by atoms with van der Waals surface area (Å²) in [4.78, 5) is 29.2. The van der Waals surface area contributed by atoms with Crippen molar-refractivity contribution in [2.75, 3.05) is 5.43 Å². The molecule has 7 nitrogen and oxygen atoms in total. The quantitative estimate of drug-likeness (QED) is 0.504. The lowest BCUT2D eigenvalue weighted by Crippen LogP contribution is -2.31. The van der Waals surface area contributed by atoms with Crippen LogP contribution in [0.25, 0.3) is 0 Å². The molecule has 0 aliphatic carbocycles. The highest BCUT2D eigenvalue weighted by Crippen LogP contribution is 2.06. The minimum atomic E-state index is -0.460. The van der Waals surface area contributed by atoms with E-state index in [0.29, 0.717) is 16.9 Å². The highest BCUT2D eigenvalue weighted by Gasteiger charge is 2.03. The predicted octanol–water partition coefficient (Wildman–Crippen LogP) is -0.426. The van der Waals surface area contributed by atoms with E-state index < -0.39 is 5.69 Å². The van der Waals surface area contributed by atoms with Gasteiger partial charge in [0.05, 0.1) is 17.9 Å². The average Bonchev–Trinajstić information content (AvgIpc) is 2.36. The molecule has 4 N–H and O–H groups in total. The molecule has 2 rings (SSSR count). The molecule has 0 saturated carbocycles. The molecule has 0 saturated heterocycles. The van der Waals surface area contributed by atoms with Gasteiger partial charge in [-0.15, -0.1) is 0 Å². The van der Waals surface area contributed by atoms with E-state index in [2.05, 4.69) is 15.4 Å². The molecule has 0 radical (unpaired) electrons. The summed E-state index contributed by atoms with van der Waals surface area (Å²) in [7, 11) is 0. The molecule has 0 amide bonds. The number of hydrogen-bond donors (Lipinski definition) is 3. The SMILES string of the molecule is Cc1cn(Cc2cc(NN)ccn2)c(=O)[nH]c1=O. The molecule has 2 aromatic heterocycles. The van der Waals surface area contributed by atoms with Crippen LogP contribution < -0.4 is 22.5 Å². The topological polar surface area (TPSA) is 106 Å². The van der Waals surface area contributed by atoms with E-state index in [1.165, 1.54) is 10.8 Å². The van der Waals surface area contributed by atoms with Gasteiger partial charge in [0.15, 0.2) is 0 Å². The fourth-order valence-corrected chi connectivity index (χ4v) is 1.56. The van der Waals surface area contributed by atoms with Crippen molar-refractivity contribution < 1.29 is 0 Å². The van der Waals surface area contributed by atoms with Crippen molar-refractivity contribution in [3.8, 4) is 0 Å². The van der Waals surface area contributed by atoms with Crippen LogP contribution in [-0.4, -0.2) is 14.5 Å². The lowest BCUT2D eigenvalue weighted by Gasteiger charge is -2.06. The second-order valence-corrected chi connectivity index (χ2v) is 3.88. The fraction of sp³-hybridized carbons (Fsp3) is 0.182. The van der Waals surface area contributed by atoms with Crippen molar-refractivity contribution in [3.63, 3.8) is 0 Å². The number of anilines is 1. The van der Waals surface area contributed by atoms with Crippen molar-refractivity contribution in [1.82, 2.24) is 14.5 Å². The van der Waals surface area contributed by atoms with Gasteiger partial charge in [-0.2, -0.15) is 0 Å². The number of nitrogen functional groups attached to an aromatic ring is 1. The molecule has 0 spiro atoms. The maximum Gasteiger partial charge on any atom is 0.328 e. The Kier molecular flexibility index (Phi) is 3.24. The molecule has 0 unspecified atom stereocenters. The van der Waals surface area contributed by atoms with E-state index in [1.807, 2.05) is 0 Å². The Morgan fingerprint density at radius 1 is 1.50 bits per heavy atom.